The van der Waals surface area contributed by atoms with Crippen LogP contribution >= 0.6 is 0 Å². The highest BCUT2D eigenvalue weighted by molar-refractivity contribution is 5.83. The second-order valence-corrected chi connectivity index (χ2v) is 5.41. The maximum absolute atomic E-state index is 12.2. The maximum Gasteiger partial charge on any atom is 0.140 e. The van der Waals surface area contributed by atoms with Gasteiger partial charge in [-0.05, 0) is 37.8 Å². The molecule has 1 aliphatic rings. The molecule has 1 fully saturated rings. The Morgan fingerprint density at radius 1 is 1.18 bits per heavy atom. The Bertz CT molecular complexity index is 400. The molecule has 0 radical (unpaired) electrons. The Morgan fingerprint density at radius 2 is 1.88 bits per heavy atom. The molecule has 0 aliphatic heterocycles. The maximum atomic E-state index is 12.2. The summed E-state index contributed by atoms with van der Waals surface area (Å²) in [5, 5.41) is 0. The molecule has 0 spiro atoms. The highest BCUT2D eigenvalue weighted by atomic mass is 16.1. The summed E-state index contributed by atoms with van der Waals surface area (Å²) in [6, 6.07) is 6.40. The summed E-state index contributed by atoms with van der Waals surface area (Å²) in [7, 11) is 0. The molecule has 0 bridgehead atoms. The second-order valence-electron chi connectivity index (χ2n) is 5.41. The van der Waals surface area contributed by atoms with E-state index in [2.05, 4.69) is 32.0 Å². The van der Waals surface area contributed by atoms with Gasteiger partial charge in [-0.1, -0.05) is 43.0 Å². The first kappa shape index (κ1) is 12.3. The van der Waals surface area contributed by atoms with Crippen molar-refractivity contribution in [2.45, 2.75) is 52.4 Å². The standard InChI is InChI=1S/C16H22O/c1-12-8-9-13(2)15(10-12)11-16(17)14-6-4-3-5-7-14/h8-10,14H,3-7,11H2,1-2H3. The molecule has 1 heteroatoms. The third-order valence-electron chi connectivity index (χ3n) is 3.93. The number of benzene rings is 1. The van der Waals surface area contributed by atoms with Crippen molar-refractivity contribution >= 4 is 5.78 Å². The first-order valence-corrected chi connectivity index (χ1v) is 6.75. The molecule has 0 N–H and O–H groups in total. The van der Waals surface area contributed by atoms with E-state index in [4.69, 9.17) is 0 Å². The lowest BCUT2D eigenvalue weighted by molar-refractivity contribution is -0.123. The van der Waals surface area contributed by atoms with Gasteiger partial charge in [-0.3, -0.25) is 4.79 Å². The van der Waals surface area contributed by atoms with Gasteiger partial charge in [0.05, 0.1) is 0 Å². The molecular weight excluding hydrogens is 208 g/mol. The van der Waals surface area contributed by atoms with E-state index in [9.17, 15) is 4.79 Å². The highest BCUT2D eigenvalue weighted by Crippen LogP contribution is 2.26. The van der Waals surface area contributed by atoms with E-state index in [1.807, 2.05) is 0 Å². The van der Waals surface area contributed by atoms with Gasteiger partial charge in [0, 0.05) is 12.3 Å². The second kappa shape index (κ2) is 5.48. The molecule has 2 rings (SSSR count). The van der Waals surface area contributed by atoms with Crippen LogP contribution in [0.4, 0.5) is 0 Å². The van der Waals surface area contributed by atoms with Gasteiger partial charge in [-0.25, -0.2) is 0 Å². The van der Waals surface area contributed by atoms with E-state index >= 15 is 0 Å². The fourth-order valence-corrected chi connectivity index (χ4v) is 2.75. The Kier molecular flexibility index (Phi) is 3.98. The van der Waals surface area contributed by atoms with Crippen LogP contribution in [0.3, 0.4) is 0 Å². The first-order valence-electron chi connectivity index (χ1n) is 6.75. The third kappa shape index (κ3) is 3.18. The zero-order valence-electron chi connectivity index (χ0n) is 11.0. The monoisotopic (exact) mass is 230 g/mol. The van der Waals surface area contributed by atoms with Gasteiger partial charge >= 0.3 is 0 Å². The molecule has 0 saturated heterocycles. The lowest BCUT2D eigenvalue weighted by Gasteiger charge is -2.20. The number of ketones is 1. The average Bonchev–Trinajstić information content (AvgIpc) is 2.35. The van der Waals surface area contributed by atoms with E-state index in [1.54, 1.807) is 0 Å². The number of aryl methyl sites for hydroxylation is 2. The Morgan fingerprint density at radius 3 is 2.59 bits per heavy atom. The van der Waals surface area contributed by atoms with Crippen molar-refractivity contribution in [2.24, 2.45) is 5.92 Å². The quantitative estimate of drug-likeness (QED) is 0.767. The van der Waals surface area contributed by atoms with Crippen molar-refractivity contribution in [2.75, 3.05) is 0 Å². The van der Waals surface area contributed by atoms with Gasteiger partial charge in [0.2, 0.25) is 0 Å². The molecule has 1 aliphatic carbocycles. The Labute approximate surface area is 104 Å². The Balaban J connectivity index is 2.04. The van der Waals surface area contributed by atoms with Crippen molar-refractivity contribution in [3.05, 3.63) is 34.9 Å². The van der Waals surface area contributed by atoms with Crippen LogP contribution in [0.15, 0.2) is 18.2 Å². The molecule has 0 heterocycles. The lowest BCUT2D eigenvalue weighted by Crippen LogP contribution is -2.19. The van der Waals surface area contributed by atoms with Crippen LogP contribution < -0.4 is 0 Å². The summed E-state index contributed by atoms with van der Waals surface area (Å²) in [4.78, 5) is 12.2. The average molecular weight is 230 g/mol. The summed E-state index contributed by atoms with van der Waals surface area (Å²) in [5.74, 6) is 0.794. The fraction of sp³-hybridized carbons (Fsp3) is 0.562. The third-order valence-corrected chi connectivity index (χ3v) is 3.93. The van der Waals surface area contributed by atoms with Crippen LogP contribution in [0.25, 0.3) is 0 Å². The van der Waals surface area contributed by atoms with Crippen molar-refractivity contribution < 1.29 is 4.79 Å². The zero-order valence-corrected chi connectivity index (χ0v) is 11.0. The zero-order chi connectivity index (χ0) is 12.3. The van der Waals surface area contributed by atoms with Gasteiger partial charge in [0.25, 0.3) is 0 Å². The topological polar surface area (TPSA) is 17.1 Å². The Hall–Kier alpha value is -1.11. The molecule has 92 valence electrons. The molecule has 0 aromatic heterocycles. The summed E-state index contributed by atoms with van der Waals surface area (Å²) in [6.45, 7) is 4.19. The largest absolute Gasteiger partial charge is 0.299 e. The van der Waals surface area contributed by atoms with Gasteiger partial charge in [-0.15, -0.1) is 0 Å². The van der Waals surface area contributed by atoms with Crippen LogP contribution in [0, 0.1) is 19.8 Å². The summed E-state index contributed by atoms with van der Waals surface area (Å²) in [6.07, 6.45) is 6.66. The smallest absolute Gasteiger partial charge is 0.140 e. The molecule has 0 amide bonds. The summed E-state index contributed by atoms with van der Waals surface area (Å²) < 4.78 is 0. The van der Waals surface area contributed by atoms with Crippen molar-refractivity contribution in [1.29, 1.82) is 0 Å². The van der Waals surface area contributed by atoms with Crippen LogP contribution in [-0.2, 0) is 11.2 Å². The number of carbonyl (C=O) groups excluding carboxylic acids is 1. The predicted molar refractivity (Wildman–Crippen MR) is 71.2 cm³/mol. The van der Waals surface area contributed by atoms with E-state index in [1.165, 1.54) is 36.0 Å². The summed E-state index contributed by atoms with van der Waals surface area (Å²) in [5.41, 5.74) is 3.72. The lowest BCUT2D eigenvalue weighted by atomic mass is 9.83. The number of hydrogen-bond acceptors (Lipinski definition) is 1. The molecule has 1 aromatic rings. The van der Waals surface area contributed by atoms with Crippen molar-refractivity contribution in [3.8, 4) is 0 Å². The highest BCUT2D eigenvalue weighted by Gasteiger charge is 2.21. The molecule has 0 atom stereocenters. The van der Waals surface area contributed by atoms with E-state index in [0.29, 0.717) is 18.1 Å². The van der Waals surface area contributed by atoms with Gasteiger partial charge in [-0.2, -0.15) is 0 Å². The molecule has 1 nitrogen and oxygen atoms in total. The SMILES string of the molecule is Cc1ccc(C)c(CC(=O)C2CCCCC2)c1. The van der Waals surface area contributed by atoms with E-state index < -0.39 is 0 Å². The summed E-state index contributed by atoms with van der Waals surface area (Å²) >= 11 is 0. The fourth-order valence-electron chi connectivity index (χ4n) is 2.75. The molecule has 1 saturated carbocycles. The van der Waals surface area contributed by atoms with Crippen LogP contribution in [0.1, 0.15) is 48.8 Å². The number of Topliss-reactive ketones (excluding diaryl/α,β-unsaturated/α-hetero) is 1. The van der Waals surface area contributed by atoms with Crippen molar-refractivity contribution in [1.82, 2.24) is 0 Å². The van der Waals surface area contributed by atoms with Crippen LogP contribution in [0.5, 0.6) is 0 Å². The minimum atomic E-state index is 0.337. The molecule has 17 heavy (non-hydrogen) atoms. The van der Waals surface area contributed by atoms with E-state index in [0.717, 1.165) is 12.8 Å². The molecule has 1 aromatic carbocycles. The number of hydrogen-bond donors (Lipinski definition) is 0. The molecular formula is C16H22O. The number of rotatable bonds is 3. The van der Waals surface area contributed by atoms with Gasteiger partial charge in [0.1, 0.15) is 5.78 Å². The van der Waals surface area contributed by atoms with Crippen molar-refractivity contribution in [3.63, 3.8) is 0 Å². The molecule has 0 unspecified atom stereocenters. The van der Waals surface area contributed by atoms with E-state index in [-0.39, 0.29) is 0 Å². The minimum Gasteiger partial charge on any atom is -0.299 e. The van der Waals surface area contributed by atoms with Gasteiger partial charge < -0.3 is 0 Å². The normalized spacial score (nSPS) is 17.1. The van der Waals surface area contributed by atoms with Crippen LogP contribution in [-0.4, -0.2) is 5.78 Å². The predicted octanol–water partition coefficient (Wildman–Crippen LogP) is 4.00. The first-order chi connectivity index (χ1) is 8.16. The van der Waals surface area contributed by atoms with Gasteiger partial charge in [0.15, 0.2) is 0 Å². The van der Waals surface area contributed by atoms with Crippen LogP contribution in [0.2, 0.25) is 0 Å². The number of carbonyl (C=O) groups is 1. The minimum absolute atomic E-state index is 0.337.